The smallest absolute Gasteiger partial charge is 0.146 e. The van der Waals surface area contributed by atoms with Crippen molar-refractivity contribution in [3.8, 4) is 0 Å². The van der Waals surface area contributed by atoms with E-state index in [4.69, 9.17) is 11.6 Å². The number of hydrogen-bond acceptors (Lipinski definition) is 2. The predicted octanol–water partition coefficient (Wildman–Crippen LogP) is 2.45. The normalized spacial score (nSPS) is 9.90. The molecule has 0 saturated heterocycles. The van der Waals surface area contributed by atoms with Crippen LogP contribution in [-0.4, -0.2) is 9.97 Å². The summed E-state index contributed by atoms with van der Waals surface area (Å²) in [6.07, 6.45) is 2.33. The van der Waals surface area contributed by atoms with Crippen LogP contribution in [0.15, 0.2) is 10.8 Å². The molecule has 1 aromatic heterocycles. The van der Waals surface area contributed by atoms with Gasteiger partial charge in [0.2, 0.25) is 0 Å². The van der Waals surface area contributed by atoms with E-state index in [2.05, 4.69) is 25.9 Å². The van der Waals surface area contributed by atoms with Gasteiger partial charge in [-0.25, -0.2) is 9.97 Å². The number of rotatable bonds is 1. The SMILES string of the molecule is CCc1ncnc(Cl)c1Br. The summed E-state index contributed by atoms with van der Waals surface area (Å²) in [7, 11) is 0. The summed E-state index contributed by atoms with van der Waals surface area (Å²) in [6.45, 7) is 2.02. The van der Waals surface area contributed by atoms with Crippen LogP contribution in [0.25, 0.3) is 0 Å². The molecule has 0 atom stereocenters. The van der Waals surface area contributed by atoms with Gasteiger partial charge in [-0.3, -0.25) is 0 Å². The van der Waals surface area contributed by atoms with Gasteiger partial charge in [-0.15, -0.1) is 0 Å². The number of aromatic nitrogens is 2. The maximum absolute atomic E-state index is 5.69. The Hall–Kier alpha value is -0.150. The van der Waals surface area contributed by atoms with Crippen molar-refractivity contribution >= 4 is 27.5 Å². The molecule has 0 aliphatic heterocycles. The largest absolute Gasteiger partial charge is 0.240 e. The van der Waals surface area contributed by atoms with Crippen molar-refractivity contribution in [3.63, 3.8) is 0 Å². The molecule has 1 aromatic rings. The van der Waals surface area contributed by atoms with Crippen molar-refractivity contribution in [2.45, 2.75) is 13.3 Å². The minimum Gasteiger partial charge on any atom is -0.240 e. The van der Waals surface area contributed by atoms with E-state index in [1.807, 2.05) is 6.92 Å². The fourth-order valence-corrected chi connectivity index (χ4v) is 1.27. The second kappa shape index (κ2) is 3.30. The summed E-state index contributed by atoms with van der Waals surface area (Å²) in [4.78, 5) is 7.81. The molecular formula is C6H6BrClN2. The predicted molar refractivity (Wildman–Crippen MR) is 44.1 cm³/mol. The average Bonchev–Trinajstić information content (AvgIpc) is 1.95. The minimum absolute atomic E-state index is 0.479. The molecule has 0 N–H and O–H groups in total. The van der Waals surface area contributed by atoms with E-state index in [-0.39, 0.29) is 0 Å². The summed E-state index contributed by atoms with van der Waals surface area (Å²) in [6, 6.07) is 0. The van der Waals surface area contributed by atoms with Crippen LogP contribution in [0, 0.1) is 0 Å². The Labute approximate surface area is 72.8 Å². The zero-order valence-electron chi connectivity index (χ0n) is 5.43. The van der Waals surface area contributed by atoms with Crippen LogP contribution in [-0.2, 0) is 6.42 Å². The van der Waals surface area contributed by atoms with E-state index in [1.165, 1.54) is 6.33 Å². The zero-order chi connectivity index (χ0) is 7.56. The topological polar surface area (TPSA) is 25.8 Å². The highest BCUT2D eigenvalue weighted by molar-refractivity contribution is 9.10. The summed E-state index contributed by atoms with van der Waals surface area (Å²) in [5, 5.41) is 0.479. The molecule has 1 heterocycles. The van der Waals surface area contributed by atoms with E-state index in [0.717, 1.165) is 16.6 Å². The Morgan fingerprint density at radius 1 is 1.60 bits per heavy atom. The monoisotopic (exact) mass is 220 g/mol. The van der Waals surface area contributed by atoms with Crippen LogP contribution in [0.3, 0.4) is 0 Å². The lowest BCUT2D eigenvalue weighted by Crippen LogP contribution is -1.90. The molecule has 0 spiro atoms. The second-order valence-corrected chi connectivity index (χ2v) is 2.93. The third-order valence-electron chi connectivity index (χ3n) is 1.15. The van der Waals surface area contributed by atoms with Crippen LogP contribution in [0.4, 0.5) is 0 Å². The summed E-state index contributed by atoms with van der Waals surface area (Å²) < 4.78 is 0.805. The highest BCUT2D eigenvalue weighted by Gasteiger charge is 2.02. The molecule has 0 aromatic carbocycles. The van der Waals surface area contributed by atoms with Crippen LogP contribution in [0.1, 0.15) is 12.6 Å². The molecule has 10 heavy (non-hydrogen) atoms. The first-order valence-electron chi connectivity index (χ1n) is 2.90. The Morgan fingerprint density at radius 3 is 2.80 bits per heavy atom. The number of halogens is 2. The molecule has 0 saturated carbocycles. The number of aryl methyl sites for hydroxylation is 1. The molecular weight excluding hydrogens is 215 g/mol. The Kier molecular flexibility index (Phi) is 2.63. The van der Waals surface area contributed by atoms with Gasteiger partial charge in [-0.1, -0.05) is 18.5 Å². The Bertz CT molecular complexity index is 239. The molecule has 4 heteroatoms. The van der Waals surface area contributed by atoms with Gasteiger partial charge in [0, 0.05) is 0 Å². The van der Waals surface area contributed by atoms with Gasteiger partial charge in [0.15, 0.2) is 0 Å². The van der Waals surface area contributed by atoms with Crippen LogP contribution < -0.4 is 0 Å². The van der Waals surface area contributed by atoms with Crippen molar-refractivity contribution < 1.29 is 0 Å². The first kappa shape index (κ1) is 7.95. The molecule has 54 valence electrons. The van der Waals surface area contributed by atoms with Gasteiger partial charge < -0.3 is 0 Å². The first-order valence-corrected chi connectivity index (χ1v) is 4.07. The summed E-state index contributed by atoms with van der Waals surface area (Å²) in [5.74, 6) is 0. The molecule has 2 nitrogen and oxygen atoms in total. The van der Waals surface area contributed by atoms with Crippen molar-refractivity contribution in [2.75, 3.05) is 0 Å². The molecule has 0 aliphatic rings. The minimum atomic E-state index is 0.479. The highest BCUT2D eigenvalue weighted by Crippen LogP contribution is 2.21. The van der Waals surface area contributed by atoms with Gasteiger partial charge in [0.25, 0.3) is 0 Å². The van der Waals surface area contributed by atoms with E-state index in [0.29, 0.717) is 5.15 Å². The lowest BCUT2D eigenvalue weighted by Gasteiger charge is -1.98. The maximum atomic E-state index is 5.69. The third-order valence-corrected chi connectivity index (χ3v) is 2.50. The van der Waals surface area contributed by atoms with Crippen LogP contribution >= 0.6 is 27.5 Å². The van der Waals surface area contributed by atoms with Crippen LogP contribution in [0.2, 0.25) is 5.15 Å². The van der Waals surface area contributed by atoms with Gasteiger partial charge in [-0.05, 0) is 22.4 Å². The molecule has 0 unspecified atom stereocenters. The van der Waals surface area contributed by atoms with E-state index < -0.39 is 0 Å². The average molecular weight is 221 g/mol. The van der Waals surface area contributed by atoms with E-state index >= 15 is 0 Å². The highest BCUT2D eigenvalue weighted by atomic mass is 79.9. The van der Waals surface area contributed by atoms with Gasteiger partial charge in [-0.2, -0.15) is 0 Å². The van der Waals surface area contributed by atoms with Crippen molar-refractivity contribution in [1.29, 1.82) is 0 Å². The first-order chi connectivity index (χ1) is 4.75. The third kappa shape index (κ3) is 1.47. The Balaban J connectivity index is 3.14. The molecule has 0 amide bonds. The van der Waals surface area contributed by atoms with Crippen molar-refractivity contribution in [2.24, 2.45) is 0 Å². The molecule has 0 aliphatic carbocycles. The molecule has 0 radical (unpaired) electrons. The van der Waals surface area contributed by atoms with Crippen molar-refractivity contribution in [1.82, 2.24) is 9.97 Å². The second-order valence-electron chi connectivity index (χ2n) is 1.78. The fourth-order valence-electron chi connectivity index (χ4n) is 0.628. The van der Waals surface area contributed by atoms with Gasteiger partial charge >= 0.3 is 0 Å². The maximum Gasteiger partial charge on any atom is 0.146 e. The molecule has 1 rings (SSSR count). The zero-order valence-corrected chi connectivity index (χ0v) is 7.78. The lowest BCUT2D eigenvalue weighted by atomic mass is 10.3. The quantitative estimate of drug-likeness (QED) is 0.681. The van der Waals surface area contributed by atoms with Crippen molar-refractivity contribution in [3.05, 3.63) is 21.6 Å². The standard InChI is InChI=1S/C6H6BrClN2/c1-2-4-5(7)6(8)10-3-9-4/h3H,2H2,1H3. The summed E-state index contributed by atoms with van der Waals surface area (Å²) in [5.41, 5.74) is 0.944. The molecule has 0 fully saturated rings. The van der Waals surface area contributed by atoms with E-state index in [9.17, 15) is 0 Å². The summed E-state index contributed by atoms with van der Waals surface area (Å²) >= 11 is 8.98. The Morgan fingerprint density at radius 2 is 2.30 bits per heavy atom. The van der Waals surface area contributed by atoms with Gasteiger partial charge in [0.1, 0.15) is 11.5 Å². The molecule has 0 bridgehead atoms. The van der Waals surface area contributed by atoms with Crippen LogP contribution in [0.5, 0.6) is 0 Å². The lowest BCUT2D eigenvalue weighted by molar-refractivity contribution is 0.984. The number of hydrogen-bond donors (Lipinski definition) is 0. The fraction of sp³-hybridized carbons (Fsp3) is 0.333. The number of nitrogens with zero attached hydrogens (tertiary/aromatic N) is 2. The van der Waals surface area contributed by atoms with E-state index in [1.54, 1.807) is 0 Å². The van der Waals surface area contributed by atoms with Gasteiger partial charge in [0.05, 0.1) is 10.2 Å².